The Bertz CT molecular complexity index is 593. The predicted molar refractivity (Wildman–Crippen MR) is 164 cm³/mol. The Labute approximate surface area is 236 Å². The van der Waals surface area contributed by atoms with E-state index in [1.165, 1.54) is 121 Å². The van der Waals surface area contributed by atoms with Crippen LogP contribution in [0.5, 0.6) is 0 Å². The van der Waals surface area contributed by atoms with Crippen molar-refractivity contribution in [1.29, 1.82) is 0 Å². The predicted octanol–water partition coefficient (Wildman–Crippen LogP) is 11.5. The normalized spacial score (nSPS) is 13.1. The Morgan fingerprint density at radius 2 is 1.05 bits per heavy atom. The minimum Gasteiger partial charge on any atom is -0.378 e. The molecule has 0 radical (unpaired) electrons. The fourth-order valence-electron chi connectivity index (χ4n) is 5.54. The highest BCUT2D eigenvalue weighted by Crippen LogP contribution is 2.33. The SMILES string of the molecule is CCCCCCCCCCCCCCCC(COCCCCCCCCCCF)(OCC)c1ccccc1. The standard InChI is InChI=1S/C35H63FO2/c1-3-5-6-7-8-9-10-11-12-13-16-19-25-30-35(38-4-2,34-28-23-22-24-29-34)33-37-32-27-21-18-15-14-17-20-26-31-36/h22-24,28-29H,3-21,25-27,30-33H2,1-2H3. The Balaban J connectivity index is 2.28. The topological polar surface area (TPSA) is 18.5 Å². The van der Waals surface area contributed by atoms with Gasteiger partial charge < -0.3 is 9.47 Å². The second-order valence-electron chi connectivity index (χ2n) is 11.4. The summed E-state index contributed by atoms with van der Waals surface area (Å²) in [6.45, 7) is 6.39. The van der Waals surface area contributed by atoms with Gasteiger partial charge in [-0.3, -0.25) is 4.39 Å². The summed E-state index contributed by atoms with van der Waals surface area (Å²) in [6, 6.07) is 10.8. The van der Waals surface area contributed by atoms with E-state index >= 15 is 0 Å². The van der Waals surface area contributed by atoms with Crippen LogP contribution < -0.4 is 0 Å². The highest BCUT2D eigenvalue weighted by atomic mass is 19.1. The summed E-state index contributed by atoms with van der Waals surface area (Å²) in [5, 5.41) is 0. The van der Waals surface area contributed by atoms with Crippen LogP contribution in [0.3, 0.4) is 0 Å². The van der Waals surface area contributed by atoms with Gasteiger partial charge in [-0.05, 0) is 31.7 Å². The lowest BCUT2D eigenvalue weighted by Gasteiger charge is -2.34. The minimum absolute atomic E-state index is 0.164. The van der Waals surface area contributed by atoms with Gasteiger partial charge in [-0.2, -0.15) is 0 Å². The molecule has 2 nitrogen and oxygen atoms in total. The van der Waals surface area contributed by atoms with E-state index < -0.39 is 0 Å². The molecule has 1 rings (SSSR count). The maximum atomic E-state index is 12.2. The highest BCUT2D eigenvalue weighted by molar-refractivity contribution is 5.23. The average molecular weight is 535 g/mol. The van der Waals surface area contributed by atoms with Gasteiger partial charge in [0.1, 0.15) is 5.60 Å². The van der Waals surface area contributed by atoms with Crippen molar-refractivity contribution in [2.45, 2.75) is 161 Å². The number of alkyl halides is 1. The number of halogens is 1. The maximum absolute atomic E-state index is 12.2. The van der Waals surface area contributed by atoms with Gasteiger partial charge in [-0.1, -0.05) is 159 Å². The molecule has 0 saturated carbocycles. The van der Waals surface area contributed by atoms with Gasteiger partial charge >= 0.3 is 0 Å². The molecule has 0 aliphatic rings. The monoisotopic (exact) mass is 534 g/mol. The molecule has 1 aromatic carbocycles. The molecule has 222 valence electrons. The summed E-state index contributed by atoms with van der Waals surface area (Å²) in [5.41, 5.74) is 0.929. The Morgan fingerprint density at radius 1 is 0.579 bits per heavy atom. The summed E-state index contributed by atoms with van der Waals surface area (Å²) in [4.78, 5) is 0. The molecule has 0 spiro atoms. The van der Waals surface area contributed by atoms with E-state index in [1.54, 1.807) is 0 Å². The summed E-state index contributed by atoms with van der Waals surface area (Å²) < 4.78 is 24.9. The molecule has 1 unspecified atom stereocenters. The van der Waals surface area contributed by atoms with Crippen molar-refractivity contribution in [3.05, 3.63) is 35.9 Å². The van der Waals surface area contributed by atoms with Gasteiger partial charge in [-0.25, -0.2) is 0 Å². The zero-order valence-corrected chi connectivity index (χ0v) is 25.5. The van der Waals surface area contributed by atoms with E-state index in [4.69, 9.17) is 9.47 Å². The van der Waals surface area contributed by atoms with Crippen LogP contribution in [-0.2, 0) is 15.1 Å². The summed E-state index contributed by atoms with van der Waals surface area (Å²) >= 11 is 0. The van der Waals surface area contributed by atoms with Gasteiger partial charge in [0.2, 0.25) is 0 Å². The van der Waals surface area contributed by atoms with Crippen LogP contribution in [0.15, 0.2) is 30.3 Å². The van der Waals surface area contributed by atoms with Crippen molar-refractivity contribution >= 4 is 0 Å². The molecular weight excluding hydrogens is 471 g/mol. The third kappa shape index (κ3) is 18.4. The van der Waals surface area contributed by atoms with Crippen LogP contribution in [0, 0.1) is 0 Å². The molecule has 0 aromatic heterocycles. The largest absolute Gasteiger partial charge is 0.378 e. The minimum atomic E-state index is -0.329. The van der Waals surface area contributed by atoms with Gasteiger partial charge in [0.25, 0.3) is 0 Å². The first kappa shape index (κ1) is 35.1. The number of benzene rings is 1. The fraction of sp³-hybridized carbons (Fsp3) is 0.829. The molecule has 0 aliphatic carbocycles. The molecule has 0 saturated heterocycles. The van der Waals surface area contributed by atoms with Crippen molar-refractivity contribution in [2.24, 2.45) is 0 Å². The second-order valence-corrected chi connectivity index (χ2v) is 11.4. The first-order valence-corrected chi connectivity index (χ1v) is 16.6. The van der Waals surface area contributed by atoms with Crippen LogP contribution in [-0.4, -0.2) is 26.5 Å². The van der Waals surface area contributed by atoms with E-state index in [0.29, 0.717) is 13.2 Å². The van der Waals surface area contributed by atoms with Gasteiger partial charge in [0.05, 0.1) is 13.3 Å². The smallest absolute Gasteiger partial charge is 0.116 e. The number of rotatable bonds is 29. The Morgan fingerprint density at radius 3 is 1.55 bits per heavy atom. The van der Waals surface area contributed by atoms with E-state index in [9.17, 15) is 4.39 Å². The third-order valence-electron chi connectivity index (χ3n) is 7.91. The van der Waals surface area contributed by atoms with Crippen LogP contribution >= 0.6 is 0 Å². The van der Waals surface area contributed by atoms with E-state index in [2.05, 4.69) is 44.2 Å². The summed E-state index contributed by atoms with van der Waals surface area (Å²) in [7, 11) is 0. The van der Waals surface area contributed by atoms with Crippen LogP contribution in [0.25, 0.3) is 0 Å². The van der Waals surface area contributed by atoms with Gasteiger partial charge in [0.15, 0.2) is 0 Å². The van der Waals surface area contributed by atoms with Crippen molar-refractivity contribution < 1.29 is 13.9 Å². The van der Waals surface area contributed by atoms with Gasteiger partial charge in [-0.15, -0.1) is 0 Å². The lowest BCUT2D eigenvalue weighted by Crippen LogP contribution is -2.35. The van der Waals surface area contributed by atoms with Gasteiger partial charge in [0, 0.05) is 13.2 Å². The molecule has 0 fully saturated rings. The van der Waals surface area contributed by atoms with Crippen molar-refractivity contribution in [3.8, 4) is 0 Å². The van der Waals surface area contributed by atoms with E-state index in [1.807, 2.05) is 0 Å². The molecule has 0 amide bonds. The number of unbranched alkanes of at least 4 members (excludes halogenated alkanes) is 19. The highest BCUT2D eigenvalue weighted by Gasteiger charge is 2.32. The second kappa shape index (κ2) is 26.3. The third-order valence-corrected chi connectivity index (χ3v) is 7.91. The van der Waals surface area contributed by atoms with Crippen molar-refractivity contribution in [1.82, 2.24) is 0 Å². The lowest BCUT2D eigenvalue weighted by molar-refractivity contribution is -0.106. The molecule has 0 aliphatic heterocycles. The zero-order valence-electron chi connectivity index (χ0n) is 25.5. The van der Waals surface area contributed by atoms with E-state index in [-0.39, 0.29) is 12.3 Å². The van der Waals surface area contributed by atoms with Crippen LogP contribution in [0.2, 0.25) is 0 Å². The first-order valence-electron chi connectivity index (χ1n) is 16.6. The average Bonchev–Trinajstić information content (AvgIpc) is 2.94. The lowest BCUT2D eigenvalue weighted by atomic mass is 9.88. The number of hydrogen-bond donors (Lipinski definition) is 0. The first-order chi connectivity index (χ1) is 18.8. The van der Waals surface area contributed by atoms with Crippen molar-refractivity contribution in [2.75, 3.05) is 26.5 Å². The molecule has 0 bridgehead atoms. The molecule has 3 heteroatoms. The molecule has 0 N–H and O–H groups in total. The molecule has 1 aromatic rings. The Hall–Kier alpha value is -0.930. The summed E-state index contributed by atoms with van der Waals surface area (Å²) in [6.07, 6.45) is 27.9. The Kier molecular flexibility index (Phi) is 24.3. The maximum Gasteiger partial charge on any atom is 0.116 e. The zero-order chi connectivity index (χ0) is 27.4. The molecule has 0 heterocycles. The number of hydrogen-bond acceptors (Lipinski definition) is 2. The molecule has 38 heavy (non-hydrogen) atoms. The number of ether oxygens (including phenoxy) is 2. The fourth-order valence-corrected chi connectivity index (χ4v) is 5.54. The van der Waals surface area contributed by atoms with E-state index in [0.717, 1.165) is 32.3 Å². The quantitative estimate of drug-likeness (QED) is 0.0951. The van der Waals surface area contributed by atoms with Crippen molar-refractivity contribution in [3.63, 3.8) is 0 Å². The van der Waals surface area contributed by atoms with Crippen LogP contribution in [0.1, 0.15) is 161 Å². The van der Waals surface area contributed by atoms with Crippen LogP contribution in [0.4, 0.5) is 4.39 Å². The molecular formula is C35H63FO2. The summed E-state index contributed by atoms with van der Waals surface area (Å²) in [5.74, 6) is 0. The molecule has 1 atom stereocenters.